The first-order valence-electron chi connectivity index (χ1n) is 12.7. The Morgan fingerprint density at radius 3 is 2.57 bits per heavy atom. The molecule has 2 saturated heterocycles. The van der Waals surface area contributed by atoms with Crippen LogP contribution in [-0.2, 0) is 11.3 Å². The fraction of sp³-hybridized carbons (Fsp3) is 0.393. The van der Waals surface area contributed by atoms with E-state index in [4.69, 9.17) is 9.47 Å². The van der Waals surface area contributed by atoms with E-state index < -0.39 is 11.6 Å². The molecule has 3 aromatic rings. The number of piperidine rings is 1. The zero-order valence-electron chi connectivity index (χ0n) is 20.7. The van der Waals surface area contributed by atoms with Crippen molar-refractivity contribution in [3.8, 4) is 16.2 Å². The molecule has 3 aliphatic heterocycles. The van der Waals surface area contributed by atoms with Crippen molar-refractivity contribution in [2.45, 2.75) is 25.5 Å². The maximum atomic E-state index is 14.3. The van der Waals surface area contributed by atoms with Gasteiger partial charge in [0.1, 0.15) is 24.0 Å². The fourth-order valence-electron chi connectivity index (χ4n) is 5.50. The van der Waals surface area contributed by atoms with Crippen LogP contribution >= 0.6 is 11.3 Å². The molecule has 6 nitrogen and oxygen atoms in total. The summed E-state index contributed by atoms with van der Waals surface area (Å²) in [5.74, 6) is -0.984. The number of anilines is 2. The molecule has 0 atom stereocenters. The Morgan fingerprint density at radius 1 is 1.03 bits per heavy atom. The monoisotopic (exact) mass is 525 g/mol. The van der Waals surface area contributed by atoms with Crippen molar-refractivity contribution in [2.24, 2.45) is 0 Å². The minimum atomic E-state index is -0.770. The highest BCUT2D eigenvalue weighted by Gasteiger charge is 2.29. The number of rotatable bonds is 4. The first-order chi connectivity index (χ1) is 18.0. The Labute approximate surface area is 219 Å². The summed E-state index contributed by atoms with van der Waals surface area (Å²) in [7, 11) is 1.50. The van der Waals surface area contributed by atoms with Gasteiger partial charge in [-0.05, 0) is 49.2 Å². The van der Waals surface area contributed by atoms with Crippen LogP contribution in [0.5, 0.6) is 5.75 Å². The molecule has 1 aromatic heterocycles. The molecule has 0 aliphatic carbocycles. The van der Waals surface area contributed by atoms with Gasteiger partial charge in [0.25, 0.3) is 5.91 Å². The van der Waals surface area contributed by atoms with Crippen molar-refractivity contribution < 1.29 is 23.0 Å². The molecule has 0 radical (unpaired) electrons. The Bertz CT molecular complexity index is 1320. The summed E-state index contributed by atoms with van der Waals surface area (Å²) in [4.78, 5) is 20.9. The van der Waals surface area contributed by atoms with Crippen LogP contribution in [0.15, 0.2) is 42.5 Å². The van der Waals surface area contributed by atoms with Crippen molar-refractivity contribution in [1.82, 2.24) is 4.90 Å². The predicted molar refractivity (Wildman–Crippen MR) is 141 cm³/mol. The summed E-state index contributed by atoms with van der Waals surface area (Å²) in [5, 5.41) is 0. The molecule has 0 bridgehead atoms. The number of halogens is 2. The molecule has 1 amide bonds. The highest BCUT2D eigenvalue weighted by molar-refractivity contribution is 7.17. The summed E-state index contributed by atoms with van der Waals surface area (Å²) in [6.45, 7) is 6.07. The first-order valence-corrected chi connectivity index (χ1v) is 13.5. The molecule has 4 heterocycles. The number of morpholine rings is 1. The average Bonchev–Trinajstić information content (AvgIpc) is 3.38. The summed E-state index contributed by atoms with van der Waals surface area (Å²) in [5.41, 5.74) is 3.12. The van der Waals surface area contributed by atoms with Gasteiger partial charge in [-0.2, -0.15) is 0 Å². The maximum absolute atomic E-state index is 14.3. The van der Waals surface area contributed by atoms with Crippen molar-refractivity contribution in [2.75, 3.05) is 56.2 Å². The molecule has 0 saturated carbocycles. The Hall–Kier alpha value is -3.01. The largest absolute Gasteiger partial charge is 0.488 e. The lowest BCUT2D eigenvalue weighted by Crippen LogP contribution is -2.49. The van der Waals surface area contributed by atoms with Gasteiger partial charge in [0, 0.05) is 67.0 Å². The molecule has 9 heteroatoms. The van der Waals surface area contributed by atoms with E-state index in [1.54, 1.807) is 0 Å². The van der Waals surface area contributed by atoms with E-state index in [-0.39, 0.29) is 11.6 Å². The molecule has 194 valence electrons. The Balaban J connectivity index is 1.21. The van der Waals surface area contributed by atoms with Gasteiger partial charge in [0.05, 0.1) is 23.8 Å². The van der Waals surface area contributed by atoms with Crippen LogP contribution in [0, 0.1) is 11.6 Å². The van der Waals surface area contributed by atoms with E-state index in [9.17, 15) is 13.6 Å². The second-order valence-corrected chi connectivity index (χ2v) is 10.8. The van der Waals surface area contributed by atoms with Gasteiger partial charge >= 0.3 is 0 Å². The number of benzene rings is 2. The van der Waals surface area contributed by atoms with Crippen LogP contribution in [-0.4, -0.2) is 63.3 Å². The highest BCUT2D eigenvalue weighted by Crippen LogP contribution is 2.45. The van der Waals surface area contributed by atoms with Gasteiger partial charge in [0.2, 0.25) is 0 Å². The molecule has 0 N–H and O–H groups in total. The van der Waals surface area contributed by atoms with Gasteiger partial charge in [-0.15, -0.1) is 11.3 Å². The smallest absolute Gasteiger partial charge is 0.268 e. The lowest BCUT2D eigenvalue weighted by Gasteiger charge is -2.41. The fourth-order valence-corrected chi connectivity index (χ4v) is 6.67. The summed E-state index contributed by atoms with van der Waals surface area (Å²) < 4.78 is 39.1. The molecular weight excluding hydrogens is 496 g/mol. The van der Waals surface area contributed by atoms with E-state index >= 15 is 0 Å². The Kier molecular flexibility index (Phi) is 6.60. The molecule has 6 rings (SSSR count). The SMILES string of the molecule is CN(C(=O)c1cc2c(s1)-c1cc(N3CCC(N4CCOCC4)CC3)ccc1OC2)c1ccc(F)cc1F. The van der Waals surface area contributed by atoms with Crippen LogP contribution in [0.2, 0.25) is 0 Å². The second kappa shape index (κ2) is 10.0. The third kappa shape index (κ3) is 4.71. The second-order valence-electron chi connectivity index (χ2n) is 9.76. The van der Waals surface area contributed by atoms with Crippen molar-refractivity contribution in [1.29, 1.82) is 0 Å². The normalized spacial score (nSPS) is 18.2. The Morgan fingerprint density at radius 2 is 1.81 bits per heavy atom. The summed E-state index contributed by atoms with van der Waals surface area (Å²) >= 11 is 1.39. The minimum absolute atomic E-state index is 0.0391. The highest BCUT2D eigenvalue weighted by atomic mass is 32.1. The first kappa shape index (κ1) is 24.3. The minimum Gasteiger partial charge on any atom is -0.488 e. The number of hydrogen-bond acceptors (Lipinski definition) is 6. The number of ether oxygens (including phenoxy) is 2. The lowest BCUT2D eigenvalue weighted by atomic mass is 10.0. The van der Waals surface area contributed by atoms with E-state index in [0.717, 1.165) is 91.8 Å². The molecule has 0 unspecified atom stereocenters. The maximum Gasteiger partial charge on any atom is 0.268 e. The number of hydrogen-bond donors (Lipinski definition) is 0. The molecule has 2 fully saturated rings. The number of amides is 1. The van der Waals surface area contributed by atoms with Crippen LogP contribution in [0.3, 0.4) is 0 Å². The van der Waals surface area contributed by atoms with Crippen LogP contribution in [0.4, 0.5) is 20.2 Å². The van der Waals surface area contributed by atoms with Gasteiger partial charge < -0.3 is 19.3 Å². The summed E-state index contributed by atoms with van der Waals surface area (Å²) in [6, 6.07) is 11.9. The van der Waals surface area contributed by atoms with Gasteiger partial charge in [-0.3, -0.25) is 9.69 Å². The van der Waals surface area contributed by atoms with Crippen molar-refractivity contribution in [3.63, 3.8) is 0 Å². The van der Waals surface area contributed by atoms with Gasteiger partial charge in [-0.25, -0.2) is 8.78 Å². The third-order valence-corrected chi connectivity index (χ3v) is 8.78. The zero-order chi connectivity index (χ0) is 25.5. The van der Waals surface area contributed by atoms with Crippen molar-refractivity contribution in [3.05, 3.63) is 64.5 Å². The van der Waals surface area contributed by atoms with Crippen LogP contribution in [0.1, 0.15) is 28.1 Å². The van der Waals surface area contributed by atoms with Crippen LogP contribution < -0.4 is 14.5 Å². The standard InChI is InChI=1S/C28H29F2N3O3S/c1-31(24-4-2-19(29)15-23(24)30)28(34)26-14-18-17-36-25-5-3-21(16-22(25)27(18)37-26)32-8-6-20(7-9-32)33-10-12-35-13-11-33/h2-5,14-16,20H,6-13,17H2,1H3. The summed E-state index contributed by atoms with van der Waals surface area (Å²) in [6.07, 6.45) is 2.26. The number of nitrogens with zero attached hydrogens (tertiary/aromatic N) is 3. The number of carbonyl (C=O) groups excluding carboxylic acids is 1. The average molecular weight is 526 g/mol. The number of fused-ring (bicyclic) bond motifs is 3. The quantitative estimate of drug-likeness (QED) is 0.471. The van der Waals surface area contributed by atoms with E-state index in [2.05, 4.69) is 21.9 Å². The molecule has 0 spiro atoms. The van der Waals surface area contributed by atoms with E-state index in [1.807, 2.05) is 12.1 Å². The molecule has 3 aliphatic rings. The molecule has 37 heavy (non-hydrogen) atoms. The van der Waals surface area contributed by atoms with E-state index in [1.165, 1.54) is 29.4 Å². The van der Waals surface area contributed by atoms with Gasteiger partial charge in [0.15, 0.2) is 0 Å². The van der Waals surface area contributed by atoms with E-state index in [0.29, 0.717) is 17.5 Å². The predicted octanol–water partition coefficient (Wildman–Crippen LogP) is 5.16. The van der Waals surface area contributed by atoms with Crippen molar-refractivity contribution >= 4 is 28.6 Å². The van der Waals surface area contributed by atoms with Gasteiger partial charge in [-0.1, -0.05) is 0 Å². The number of thiophene rings is 1. The molecule has 2 aromatic carbocycles. The third-order valence-electron chi connectivity index (χ3n) is 7.58. The zero-order valence-corrected chi connectivity index (χ0v) is 21.5. The van der Waals surface area contributed by atoms with Crippen LogP contribution in [0.25, 0.3) is 10.4 Å². The number of carbonyl (C=O) groups is 1. The lowest BCUT2D eigenvalue weighted by molar-refractivity contribution is 0.0115. The molecular formula is C28H29F2N3O3S. The topological polar surface area (TPSA) is 45.3 Å².